The maximum atomic E-state index is 12.8. The molecule has 0 saturated carbocycles. The average Bonchev–Trinajstić information content (AvgIpc) is 2.93. The molecule has 8 N–H and O–H groups in total. The second-order valence-corrected chi connectivity index (χ2v) is 11.2. The van der Waals surface area contributed by atoms with Gasteiger partial charge in [-0.25, -0.2) is 9.59 Å². The van der Waals surface area contributed by atoms with Crippen molar-refractivity contribution in [1.29, 1.82) is 0 Å². The van der Waals surface area contributed by atoms with Crippen LogP contribution in [0.4, 0.5) is 0 Å². The van der Waals surface area contributed by atoms with Crippen LogP contribution in [0.1, 0.15) is 37.8 Å². The summed E-state index contributed by atoms with van der Waals surface area (Å²) in [6.45, 7) is 6.62. The summed E-state index contributed by atoms with van der Waals surface area (Å²) in [6, 6.07) is 3.18. The molecular formula is C27H38O16. The van der Waals surface area contributed by atoms with Crippen molar-refractivity contribution in [2.45, 2.75) is 102 Å². The Hall–Kier alpha value is -3.09. The van der Waals surface area contributed by atoms with E-state index in [1.165, 1.54) is 0 Å². The van der Waals surface area contributed by atoms with Crippen LogP contribution < -0.4 is 9.47 Å². The molecule has 43 heavy (non-hydrogen) atoms. The van der Waals surface area contributed by atoms with E-state index in [1.807, 2.05) is 0 Å². The summed E-state index contributed by atoms with van der Waals surface area (Å²) in [5.41, 5.74) is -0.0235. The molecule has 0 radical (unpaired) electrons. The molecule has 0 aliphatic carbocycles. The fourth-order valence-electron chi connectivity index (χ4n) is 4.53. The smallest absolute Gasteiger partial charge is 0.335 e. The summed E-state index contributed by atoms with van der Waals surface area (Å²) in [6.07, 6.45) is -17.6. The average molecular weight is 619 g/mol. The number of carbonyl (C=O) groups is 3. The lowest BCUT2D eigenvalue weighted by atomic mass is 9.88. The number of carbonyl (C=O) groups excluding carboxylic acids is 1. The number of aryl methyl sites for hydroxylation is 2. The highest BCUT2D eigenvalue weighted by Gasteiger charge is 2.50. The van der Waals surface area contributed by atoms with E-state index in [4.69, 9.17) is 28.8 Å². The lowest BCUT2D eigenvalue weighted by Gasteiger charge is -2.39. The van der Waals surface area contributed by atoms with E-state index in [9.17, 15) is 50.1 Å². The van der Waals surface area contributed by atoms with E-state index in [-0.39, 0.29) is 18.8 Å². The lowest BCUT2D eigenvalue weighted by molar-refractivity contribution is -0.288. The zero-order chi connectivity index (χ0) is 32.4. The van der Waals surface area contributed by atoms with Crippen molar-refractivity contribution in [3.05, 3.63) is 23.3 Å². The number of ether oxygens (including phenoxy) is 5. The summed E-state index contributed by atoms with van der Waals surface area (Å²) in [5.74, 6) is -3.31. The molecule has 16 heteroatoms. The van der Waals surface area contributed by atoms with Crippen LogP contribution in [0.3, 0.4) is 0 Å². The second-order valence-electron chi connectivity index (χ2n) is 11.2. The van der Waals surface area contributed by atoms with Crippen LogP contribution in [0.2, 0.25) is 0 Å². The monoisotopic (exact) mass is 618 g/mol. The van der Waals surface area contributed by atoms with Gasteiger partial charge in [0.15, 0.2) is 12.2 Å². The Morgan fingerprint density at radius 1 is 0.744 bits per heavy atom. The molecule has 2 aliphatic rings. The van der Waals surface area contributed by atoms with Crippen LogP contribution in [0, 0.1) is 19.3 Å². The standard InChI is InChI=1S/C27H38O16/c1-10-9-13(40-24-18(32)14(28)16(30)20(41-24)22(34)35)11(2)8-12(10)39-7-5-6-27(3,4)26(38)43-25-19(33)15(29)17(31)21(42-25)23(36)37/h8-9,14-21,24-25,28-33H,5-7H2,1-4H3,(H,34,35)(H,36,37)/t14-,15-,16+,17+,18-,19-,20+,21+,24-,25+/m1/s1. The largest absolute Gasteiger partial charge is 0.493 e. The van der Waals surface area contributed by atoms with Gasteiger partial charge in [-0.1, -0.05) is 0 Å². The number of hydrogen-bond donors (Lipinski definition) is 8. The van der Waals surface area contributed by atoms with Gasteiger partial charge >= 0.3 is 17.9 Å². The molecule has 2 fully saturated rings. The second kappa shape index (κ2) is 13.7. The molecule has 10 atom stereocenters. The van der Waals surface area contributed by atoms with Crippen LogP contribution in [-0.2, 0) is 28.6 Å². The van der Waals surface area contributed by atoms with Gasteiger partial charge in [-0.05, 0) is 63.8 Å². The molecule has 2 saturated heterocycles. The van der Waals surface area contributed by atoms with Crippen molar-refractivity contribution < 1.29 is 78.9 Å². The van der Waals surface area contributed by atoms with Crippen LogP contribution in [0.25, 0.3) is 0 Å². The molecule has 0 spiro atoms. The number of aliphatic hydroxyl groups is 6. The molecule has 0 unspecified atom stereocenters. The molecule has 1 aromatic carbocycles. The summed E-state index contributed by atoms with van der Waals surface area (Å²) in [7, 11) is 0. The van der Waals surface area contributed by atoms with Crippen LogP contribution in [0.5, 0.6) is 11.5 Å². The molecule has 0 amide bonds. The Morgan fingerprint density at radius 2 is 1.21 bits per heavy atom. The number of esters is 1. The van der Waals surface area contributed by atoms with E-state index < -0.39 is 84.7 Å². The van der Waals surface area contributed by atoms with Gasteiger partial charge in [-0.2, -0.15) is 0 Å². The first-order valence-corrected chi connectivity index (χ1v) is 13.4. The number of carboxylic acids is 2. The quantitative estimate of drug-likeness (QED) is 0.100. The summed E-state index contributed by atoms with van der Waals surface area (Å²) >= 11 is 0. The third-order valence-corrected chi connectivity index (χ3v) is 7.32. The maximum Gasteiger partial charge on any atom is 0.335 e. The predicted octanol–water partition coefficient (Wildman–Crippen LogP) is -1.80. The first kappa shape index (κ1) is 34.4. The highest BCUT2D eigenvalue weighted by molar-refractivity contribution is 5.76. The van der Waals surface area contributed by atoms with Gasteiger partial charge in [0.2, 0.25) is 12.6 Å². The van der Waals surface area contributed by atoms with E-state index in [1.54, 1.807) is 39.8 Å². The highest BCUT2D eigenvalue weighted by atomic mass is 16.7. The Labute approximate surface area is 245 Å². The van der Waals surface area contributed by atoms with Crippen LogP contribution in [0.15, 0.2) is 12.1 Å². The zero-order valence-corrected chi connectivity index (χ0v) is 23.9. The molecule has 242 valence electrons. The molecular weight excluding hydrogens is 580 g/mol. The van der Waals surface area contributed by atoms with E-state index >= 15 is 0 Å². The van der Waals surface area contributed by atoms with Gasteiger partial charge in [0.05, 0.1) is 12.0 Å². The third kappa shape index (κ3) is 7.71. The van der Waals surface area contributed by atoms with Gasteiger partial charge in [0, 0.05) is 0 Å². The predicted molar refractivity (Wildman–Crippen MR) is 140 cm³/mol. The summed E-state index contributed by atoms with van der Waals surface area (Å²) in [4.78, 5) is 35.4. The SMILES string of the molecule is Cc1cc(O[C@@H]2O[C@H](C(=O)O)[C@@H](O)[C@@H](O)[C@H]2O)c(C)cc1OCCCC(C)(C)C(=O)O[C@@H]1O[C@H](C(=O)O)[C@@H](O)[C@@H](O)[C@H]1O. The molecule has 2 heterocycles. The van der Waals surface area contributed by atoms with Crippen molar-refractivity contribution in [3.8, 4) is 11.5 Å². The van der Waals surface area contributed by atoms with Crippen LogP contribution in [-0.4, -0.2) is 127 Å². The first-order chi connectivity index (χ1) is 20.0. The number of hydrogen-bond acceptors (Lipinski definition) is 14. The van der Waals surface area contributed by atoms with Gasteiger partial charge in [0.1, 0.15) is 48.1 Å². The molecule has 0 bridgehead atoms. The number of rotatable bonds is 11. The number of aliphatic carboxylic acids is 2. The van der Waals surface area contributed by atoms with E-state index in [2.05, 4.69) is 0 Å². The first-order valence-electron chi connectivity index (χ1n) is 13.4. The minimum Gasteiger partial charge on any atom is -0.493 e. The lowest BCUT2D eigenvalue weighted by Crippen LogP contribution is -2.61. The summed E-state index contributed by atoms with van der Waals surface area (Å²) < 4.78 is 26.8. The third-order valence-electron chi connectivity index (χ3n) is 7.32. The zero-order valence-electron chi connectivity index (χ0n) is 23.9. The number of benzene rings is 1. The molecule has 0 aromatic heterocycles. The van der Waals surface area contributed by atoms with E-state index in [0.29, 0.717) is 23.3 Å². The Bertz CT molecular complexity index is 1170. The number of aliphatic hydroxyl groups excluding tert-OH is 6. The maximum absolute atomic E-state index is 12.8. The van der Waals surface area contributed by atoms with Crippen molar-refractivity contribution in [2.75, 3.05) is 6.61 Å². The minimum atomic E-state index is -1.92. The molecule has 2 aliphatic heterocycles. The van der Waals surface area contributed by atoms with Crippen molar-refractivity contribution in [1.82, 2.24) is 0 Å². The van der Waals surface area contributed by atoms with Crippen molar-refractivity contribution >= 4 is 17.9 Å². The highest BCUT2D eigenvalue weighted by Crippen LogP contribution is 2.33. The van der Waals surface area contributed by atoms with E-state index in [0.717, 1.165) is 0 Å². The van der Waals surface area contributed by atoms with Gasteiger partial charge in [-0.15, -0.1) is 0 Å². The fraction of sp³-hybridized carbons (Fsp3) is 0.667. The van der Waals surface area contributed by atoms with Gasteiger partial charge in [0.25, 0.3) is 0 Å². The molecule has 3 rings (SSSR count). The Balaban J connectivity index is 1.55. The minimum absolute atomic E-state index is 0.153. The Kier molecular flexibility index (Phi) is 11.0. The van der Waals surface area contributed by atoms with Crippen molar-refractivity contribution in [3.63, 3.8) is 0 Å². The fourth-order valence-corrected chi connectivity index (χ4v) is 4.53. The van der Waals surface area contributed by atoms with Crippen LogP contribution >= 0.6 is 0 Å². The Morgan fingerprint density at radius 3 is 1.74 bits per heavy atom. The number of carboxylic acid groups (broad SMARTS) is 2. The van der Waals surface area contributed by atoms with Gasteiger partial charge < -0.3 is 64.5 Å². The van der Waals surface area contributed by atoms with Crippen molar-refractivity contribution in [2.24, 2.45) is 5.41 Å². The molecule has 1 aromatic rings. The summed E-state index contributed by atoms with van der Waals surface area (Å²) in [5, 5.41) is 78.2. The topological polar surface area (TPSA) is 259 Å². The van der Waals surface area contributed by atoms with Gasteiger partial charge in [-0.3, -0.25) is 4.79 Å². The normalized spacial score (nSPS) is 33.0. The molecule has 16 nitrogen and oxygen atoms in total.